The van der Waals surface area contributed by atoms with Crippen LogP contribution in [-0.2, 0) is 6.54 Å². The summed E-state index contributed by atoms with van der Waals surface area (Å²) in [5.74, 6) is 0.475. The molecule has 0 radical (unpaired) electrons. The van der Waals surface area contributed by atoms with E-state index in [1.54, 1.807) is 0 Å². The zero-order chi connectivity index (χ0) is 17.8. The first-order valence-corrected chi connectivity index (χ1v) is 9.20. The molecule has 1 saturated heterocycles. The van der Waals surface area contributed by atoms with Gasteiger partial charge in [0, 0.05) is 17.3 Å². The summed E-state index contributed by atoms with van der Waals surface area (Å²) < 4.78 is 1.85. The van der Waals surface area contributed by atoms with E-state index in [-0.39, 0.29) is 5.91 Å². The Morgan fingerprint density at radius 2 is 2.20 bits per heavy atom. The number of amides is 1. The molecule has 1 aliphatic rings. The van der Waals surface area contributed by atoms with Crippen LogP contribution in [0.15, 0.2) is 24.3 Å². The molecule has 2 N–H and O–H groups in total. The number of aryl methyl sites for hydroxylation is 1. The number of aromatic nitrogens is 2. The van der Waals surface area contributed by atoms with Crippen molar-refractivity contribution < 1.29 is 4.79 Å². The maximum atomic E-state index is 12.7. The van der Waals surface area contributed by atoms with E-state index in [4.69, 9.17) is 11.6 Å². The van der Waals surface area contributed by atoms with Gasteiger partial charge < -0.3 is 10.6 Å². The molecule has 25 heavy (non-hydrogen) atoms. The third kappa shape index (κ3) is 4.22. The highest BCUT2D eigenvalue weighted by Gasteiger charge is 2.20. The lowest BCUT2D eigenvalue weighted by Gasteiger charge is -2.22. The third-order valence-corrected chi connectivity index (χ3v) is 5.21. The number of hydrogen-bond donors (Lipinski definition) is 2. The smallest absolute Gasteiger partial charge is 0.255 e. The number of piperidine rings is 1. The monoisotopic (exact) mass is 360 g/mol. The Morgan fingerprint density at radius 3 is 2.92 bits per heavy atom. The number of nitrogens with one attached hydrogen (secondary N) is 2. The molecule has 134 valence electrons. The van der Waals surface area contributed by atoms with Gasteiger partial charge in [0.1, 0.15) is 0 Å². The van der Waals surface area contributed by atoms with Crippen LogP contribution in [0.1, 0.15) is 40.2 Å². The Morgan fingerprint density at radius 1 is 1.40 bits per heavy atom. The molecule has 1 unspecified atom stereocenters. The Labute approximate surface area is 153 Å². The van der Waals surface area contributed by atoms with Gasteiger partial charge in [-0.05, 0) is 57.3 Å². The number of carbonyl (C=O) groups is 1. The fourth-order valence-corrected chi connectivity index (χ4v) is 3.59. The molecular weight excluding hydrogens is 336 g/mol. The summed E-state index contributed by atoms with van der Waals surface area (Å²) in [4.78, 5) is 12.7. The normalized spacial score (nSPS) is 17.5. The van der Waals surface area contributed by atoms with Crippen molar-refractivity contribution >= 4 is 17.5 Å². The molecule has 1 amide bonds. The molecule has 3 rings (SSSR count). The summed E-state index contributed by atoms with van der Waals surface area (Å²) in [6.45, 7) is 7.15. The summed E-state index contributed by atoms with van der Waals surface area (Å²) in [6, 6.07) is 7.72. The van der Waals surface area contributed by atoms with E-state index in [1.807, 2.05) is 42.8 Å². The Balaban J connectivity index is 1.70. The van der Waals surface area contributed by atoms with Gasteiger partial charge in [-0.3, -0.25) is 9.48 Å². The van der Waals surface area contributed by atoms with Gasteiger partial charge in [-0.25, -0.2) is 0 Å². The summed E-state index contributed by atoms with van der Waals surface area (Å²) in [5.41, 5.74) is 3.30. The van der Waals surface area contributed by atoms with E-state index in [1.165, 1.54) is 6.42 Å². The fraction of sp³-hybridized carbons (Fsp3) is 0.474. The largest absolute Gasteiger partial charge is 0.352 e. The highest BCUT2D eigenvalue weighted by molar-refractivity contribution is 6.31. The number of hydrogen-bond acceptors (Lipinski definition) is 3. The molecule has 1 fully saturated rings. The zero-order valence-electron chi connectivity index (χ0n) is 14.8. The first-order chi connectivity index (χ1) is 12.1. The molecule has 0 aliphatic carbocycles. The maximum Gasteiger partial charge on any atom is 0.255 e. The molecule has 5 nitrogen and oxygen atoms in total. The van der Waals surface area contributed by atoms with Crippen LogP contribution in [0, 0.1) is 19.8 Å². The van der Waals surface area contributed by atoms with Gasteiger partial charge >= 0.3 is 0 Å². The molecule has 1 aliphatic heterocycles. The van der Waals surface area contributed by atoms with Crippen LogP contribution in [0.2, 0.25) is 5.02 Å². The summed E-state index contributed by atoms with van der Waals surface area (Å²) in [6.07, 6.45) is 2.34. The summed E-state index contributed by atoms with van der Waals surface area (Å²) in [7, 11) is 0. The maximum absolute atomic E-state index is 12.7. The van der Waals surface area contributed by atoms with Crippen LogP contribution in [0.3, 0.4) is 0 Å². The van der Waals surface area contributed by atoms with E-state index >= 15 is 0 Å². The Hall–Kier alpha value is -1.85. The highest BCUT2D eigenvalue weighted by Crippen LogP contribution is 2.19. The quantitative estimate of drug-likeness (QED) is 0.861. The SMILES string of the molecule is Cc1nn(Cc2ccccc2Cl)c(C)c1C(=O)NCC1CCCNC1. The van der Waals surface area contributed by atoms with Crippen LogP contribution >= 0.6 is 11.6 Å². The van der Waals surface area contributed by atoms with Crippen LogP contribution in [0.4, 0.5) is 0 Å². The minimum absolute atomic E-state index is 0.0361. The predicted octanol–water partition coefficient (Wildman–Crippen LogP) is 2.93. The Bertz CT molecular complexity index is 750. The Kier molecular flexibility index (Phi) is 5.76. The average Bonchev–Trinajstić information content (AvgIpc) is 2.89. The van der Waals surface area contributed by atoms with E-state index < -0.39 is 0 Å². The fourth-order valence-electron chi connectivity index (χ4n) is 3.39. The number of nitrogens with zero attached hydrogens (tertiary/aromatic N) is 2. The van der Waals surface area contributed by atoms with Crippen LogP contribution in [0.5, 0.6) is 0 Å². The van der Waals surface area contributed by atoms with Crippen molar-refractivity contribution in [3.05, 3.63) is 51.8 Å². The lowest BCUT2D eigenvalue weighted by Crippen LogP contribution is -2.38. The first kappa shape index (κ1) is 18.0. The molecule has 1 atom stereocenters. The molecule has 2 heterocycles. The van der Waals surface area contributed by atoms with E-state index in [2.05, 4.69) is 15.7 Å². The van der Waals surface area contributed by atoms with Crippen molar-refractivity contribution in [2.24, 2.45) is 5.92 Å². The summed E-state index contributed by atoms with van der Waals surface area (Å²) in [5, 5.41) is 11.7. The van der Waals surface area contributed by atoms with Crippen molar-refractivity contribution in [3.63, 3.8) is 0 Å². The zero-order valence-corrected chi connectivity index (χ0v) is 15.6. The van der Waals surface area contributed by atoms with E-state index in [0.717, 1.165) is 36.5 Å². The number of halogens is 1. The van der Waals surface area contributed by atoms with E-state index in [0.29, 0.717) is 29.6 Å². The minimum atomic E-state index is -0.0361. The predicted molar refractivity (Wildman–Crippen MR) is 100 cm³/mol. The molecular formula is C19H25ClN4O. The second kappa shape index (κ2) is 8.02. The van der Waals surface area contributed by atoms with Gasteiger partial charge in [0.05, 0.1) is 17.8 Å². The third-order valence-electron chi connectivity index (χ3n) is 4.84. The lowest BCUT2D eigenvalue weighted by atomic mass is 9.99. The van der Waals surface area contributed by atoms with Crippen LogP contribution in [0.25, 0.3) is 0 Å². The average molecular weight is 361 g/mol. The second-order valence-electron chi connectivity index (χ2n) is 6.72. The highest BCUT2D eigenvalue weighted by atomic mass is 35.5. The van der Waals surface area contributed by atoms with E-state index in [9.17, 15) is 4.79 Å². The van der Waals surface area contributed by atoms with Crippen molar-refractivity contribution in [1.82, 2.24) is 20.4 Å². The van der Waals surface area contributed by atoms with Gasteiger partial charge in [0.15, 0.2) is 0 Å². The summed E-state index contributed by atoms with van der Waals surface area (Å²) >= 11 is 6.25. The molecule has 0 saturated carbocycles. The van der Waals surface area contributed by atoms with Crippen LogP contribution < -0.4 is 10.6 Å². The van der Waals surface area contributed by atoms with Crippen molar-refractivity contribution in [1.29, 1.82) is 0 Å². The number of benzene rings is 1. The van der Waals surface area contributed by atoms with Gasteiger partial charge in [-0.2, -0.15) is 5.10 Å². The minimum Gasteiger partial charge on any atom is -0.352 e. The molecule has 2 aromatic rings. The first-order valence-electron chi connectivity index (χ1n) is 8.82. The van der Waals surface area contributed by atoms with Crippen LogP contribution in [-0.4, -0.2) is 35.3 Å². The number of rotatable bonds is 5. The molecule has 0 bridgehead atoms. The molecule has 6 heteroatoms. The van der Waals surface area contributed by atoms with Gasteiger partial charge in [-0.15, -0.1) is 0 Å². The van der Waals surface area contributed by atoms with Gasteiger partial charge in [0.2, 0.25) is 0 Å². The topological polar surface area (TPSA) is 59.0 Å². The molecule has 0 spiro atoms. The van der Waals surface area contributed by atoms with Gasteiger partial charge in [-0.1, -0.05) is 29.8 Å². The second-order valence-corrected chi connectivity index (χ2v) is 7.12. The standard InChI is InChI=1S/C19H25ClN4O/c1-13-18(19(25)22-11-15-6-5-9-21-10-15)14(2)24(23-13)12-16-7-3-4-8-17(16)20/h3-4,7-8,15,21H,5-6,9-12H2,1-2H3,(H,22,25). The van der Waals surface area contributed by atoms with Crippen molar-refractivity contribution in [2.75, 3.05) is 19.6 Å². The number of carbonyl (C=O) groups excluding carboxylic acids is 1. The lowest BCUT2D eigenvalue weighted by molar-refractivity contribution is 0.0943. The molecule has 1 aromatic heterocycles. The molecule has 1 aromatic carbocycles. The van der Waals surface area contributed by atoms with Gasteiger partial charge in [0.25, 0.3) is 5.91 Å². The van der Waals surface area contributed by atoms with Crippen molar-refractivity contribution in [3.8, 4) is 0 Å². The van der Waals surface area contributed by atoms with Crippen molar-refractivity contribution in [2.45, 2.75) is 33.2 Å².